The number of nitrogens with two attached hydrogens (primary N) is 1. The Balaban J connectivity index is 2.99. The van der Waals surface area contributed by atoms with Crippen molar-refractivity contribution in [3.8, 4) is 5.75 Å². The third kappa shape index (κ3) is 5.12. The van der Waals surface area contributed by atoms with E-state index in [2.05, 4.69) is 37.8 Å². The number of methoxy groups -OCH3 is 1. The maximum atomic E-state index is 6.00. The number of benzene rings is 1. The van der Waals surface area contributed by atoms with Crippen molar-refractivity contribution in [1.82, 2.24) is 0 Å². The molecule has 2 N–H and O–H groups in total. The zero-order valence-corrected chi connectivity index (χ0v) is 13.9. The van der Waals surface area contributed by atoms with Gasteiger partial charge in [0.15, 0.2) is 0 Å². The van der Waals surface area contributed by atoms with Gasteiger partial charge >= 0.3 is 0 Å². The summed E-state index contributed by atoms with van der Waals surface area (Å²) in [7, 11) is 1.74. The summed E-state index contributed by atoms with van der Waals surface area (Å²) in [4.78, 5) is 2.39. The highest BCUT2D eigenvalue weighted by Crippen LogP contribution is 2.30. The smallest absolute Gasteiger partial charge is 0.144 e. The minimum atomic E-state index is 0.503. The molecule has 0 radical (unpaired) electrons. The van der Waals surface area contributed by atoms with Crippen LogP contribution in [0.1, 0.15) is 40.0 Å². The van der Waals surface area contributed by atoms with Gasteiger partial charge in [-0.25, -0.2) is 0 Å². The van der Waals surface area contributed by atoms with Gasteiger partial charge in [0.05, 0.1) is 18.9 Å². The van der Waals surface area contributed by atoms with Gasteiger partial charge in [-0.2, -0.15) is 0 Å². The summed E-state index contributed by atoms with van der Waals surface area (Å²) in [5, 5.41) is 0. The minimum Gasteiger partial charge on any atom is -0.491 e. The molecule has 0 aromatic heterocycles. The fraction of sp³-hybridized carbons (Fsp3) is 0.647. The maximum absolute atomic E-state index is 6.00. The standard InChI is InChI=1S/C17H30N2O2/c1-5-11-21-17-13-15(8-9-16(17)18)19(10-12-20-4)14(6-2)7-3/h8-9,13-14H,5-7,10-12,18H2,1-4H3. The fourth-order valence-electron chi connectivity index (χ4n) is 2.48. The largest absolute Gasteiger partial charge is 0.491 e. The van der Waals surface area contributed by atoms with Crippen molar-refractivity contribution in [1.29, 1.82) is 0 Å². The molecule has 0 spiro atoms. The molecule has 0 bridgehead atoms. The van der Waals surface area contributed by atoms with Gasteiger partial charge in [0.1, 0.15) is 5.75 Å². The van der Waals surface area contributed by atoms with Gasteiger partial charge < -0.3 is 20.1 Å². The van der Waals surface area contributed by atoms with Crippen molar-refractivity contribution in [3.05, 3.63) is 18.2 Å². The average Bonchev–Trinajstić information content (AvgIpc) is 2.51. The Bertz CT molecular complexity index is 406. The Morgan fingerprint density at radius 3 is 2.43 bits per heavy atom. The molecular weight excluding hydrogens is 264 g/mol. The zero-order chi connectivity index (χ0) is 15.7. The summed E-state index contributed by atoms with van der Waals surface area (Å²) < 4.78 is 11.0. The predicted octanol–water partition coefficient (Wildman–Crippen LogP) is 3.70. The van der Waals surface area contributed by atoms with Gasteiger partial charge in [-0.15, -0.1) is 0 Å². The van der Waals surface area contributed by atoms with Crippen molar-refractivity contribution in [2.45, 2.75) is 46.1 Å². The zero-order valence-electron chi connectivity index (χ0n) is 13.9. The van der Waals surface area contributed by atoms with Crippen molar-refractivity contribution < 1.29 is 9.47 Å². The van der Waals surface area contributed by atoms with Crippen LogP contribution in [0.15, 0.2) is 18.2 Å². The second kappa shape index (κ2) is 9.50. The third-order valence-electron chi connectivity index (χ3n) is 3.71. The average molecular weight is 294 g/mol. The highest BCUT2D eigenvalue weighted by Gasteiger charge is 2.17. The van der Waals surface area contributed by atoms with Crippen LogP contribution < -0.4 is 15.4 Å². The number of ether oxygens (including phenoxy) is 2. The molecule has 0 amide bonds. The Morgan fingerprint density at radius 2 is 1.86 bits per heavy atom. The van der Waals surface area contributed by atoms with Crippen LogP contribution in [-0.4, -0.2) is 32.9 Å². The predicted molar refractivity (Wildman–Crippen MR) is 90.2 cm³/mol. The molecule has 1 rings (SSSR count). The third-order valence-corrected chi connectivity index (χ3v) is 3.71. The van der Waals surface area contributed by atoms with Gasteiger partial charge in [-0.3, -0.25) is 0 Å². The topological polar surface area (TPSA) is 47.7 Å². The summed E-state index contributed by atoms with van der Waals surface area (Å²) in [6.07, 6.45) is 3.19. The Morgan fingerprint density at radius 1 is 1.14 bits per heavy atom. The van der Waals surface area contributed by atoms with Crippen molar-refractivity contribution in [2.24, 2.45) is 0 Å². The number of nitrogens with zero attached hydrogens (tertiary/aromatic N) is 1. The number of rotatable bonds is 10. The van der Waals surface area contributed by atoms with E-state index in [4.69, 9.17) is 15.2 Å². The molecule has 0 unspecified atom stereocenters. The molecule has 0 aliphatic carbocycles. The lowest BCUT2D eigenvalue weighted by atomic mass is 10.1. The second-order valence-corrected chi connectivity index (χ2v) is 5.23. The molecule has 21 heavy (non-hydrogen) atoms. The fourth-order valence-corrected chi connectivity index (χ4v) is 2.48. The lowest BCUT2D eigenvalue weighted by Gasteiger charge is -2.33. The second-order valence-electron chi connectivity index (χ2n) is 5.23. The Labute approximate surface area is 129 Å². The van der Waals surface area contributed by atoms with Crippen LogP contribution in [0.3, 0.4) is 0 Å². The van der Waals surface area contributed by atoms with Crippen LogP contribution in [0.2, 0.25) is 0 Å². The molecule has 120 valence electrons. The SMILES string of the molecule is CCCOc1cc(N(CCOC)C(CC)CC)ccc1N. The highest BCUT2D eigenvalue weighted by molar-refractivity contribution is 5.62. The number of anilines is 2. The van der Waals surface area contributed by atoms with Gasteiger partial charge in [0.25, 0.3) is 0 Å². The van der Waals surface area contributed by atoms with Gasteiger partial charge in [-0.1, -0.05) is 20.8 Å². The molecule has 4 heteroatoms. The number of hydrogen-bond donors (Lipinski definition) is 1. The van der Waals surface area contributed by atoms with Crippen molar-refractivity contribution in [2.75, 3.05) is 37.5 Å². The highest BCUT2D eigenvalue weighted by atomic mass is 16.5. The Hall–Kier alpha value is -1.42. The van der Waals surface area contributed by atoms with E-state index in [0.717, 1.165) is 37.2 Å². The van der Waals surface area contributed by atoms with E-state index >= 15 is 0 Å². The van der Waals surface area contributed by atoms with Gasteiger partial charge in [-0.05, 0) is 31.4 Å². The van der Waals surface area contributed by atoms with E-state index in [1.807, 2.05) is 6.07 Å². The molecular formula is C17H30N2O2. The van der Waals surface area contributed by atoms with E-state index in [1.54, 1.807) is 7.11 Å². The Kier molecular flexibility index (Phi) is 7.98. The molecule has 0 aliphatic heterocycles. The van der Waals surface area contributed by atoms with Crippen molar-refractivity contribution >= 4 is 11.4 Å². The molecule has 4 nitrogen and oxygen atoms in total. The summed E-state index contributed by atoms with van der Waals surface area (Å²) in [5.74, 6) is 0.780. The van der Waals surface area contributed by atoms with Crippen LogP contribution >= 0.6 is 0 Å². The quantitative estimate of drug-likeness (QED) is 0.668. The first-order chi connectivity index (χ1) is 10.2. The summed E-state index contributed by atoms with van der Waals surface area (Å²) >= 11 is 0. The number of hydrogen-bond acceptors (Lipinski definition) is 4. The van der Waals surface area contributed by atoms with E-state index in [0.29, 0.717) is 24.9 Å². The first-order valence-corrected chi connectivity index (χ1v) is 7.95. The van der Waals surface area contributed by atoms with Crippen LogP contribution in [-0.2, 0) is 4.74 Å². The molecule has 1 aromatic carbocycles. The normalized spacial score (nSPS) is 10.9. The lowest BCUT2D eigenvalue weighted by molar-refractivity contribution is 0.202. The molecule has 0 saturated carbocycles. The van der Waals surface area contributed by atoms with Crippen LogP contribution in [0.4, 0.5) is 11.4 Å². The van der Waals surface area contributed by atoms with E-state index in [9.17, 15) is 0 Å². The maximum Gasteiger partial charge on any atom is 0.144 e. The first-order valence-electron chi connectivity index (χ1n) is 7.95. The van der Waals surface area contributed by atoms with Crippen molar-refractivity contribution in [3.63, 3.8) is 0 Å². The molecule has 0 fully saturated rings. The molecule has 0 aliphatic rings. The summed E-state index contributed by atoms with van der Waals surface area (Å²) in [6, 6.07) is 6.56. The molecule has 1 aromatic rings. The van der Waals surface area contributed by atoms with E-state index in [1.165, 1.54) is 0 Å². The summed E-state index contributed by atoms with van der Waals surface area (Å²) in [6.45, 7) is 8.82. The summed E-state index contributed by atoms with van der Waals surface area (Å²) in [5.41, 5.74) is 7.85. The number of nitrogen functional groups attached to an aromatic ring is 1. The van der Waals surface area contributed by atoms with Crippen LogP contribution in [0.5, 0.6) is 5.75 Å². The van der Waals surface area contributed by atoms with Gasteiger partial charge in [0, 0.05) is 31.5 Å². The molecule has 0 saturated heterocycles. The molecule has 0 atom stereocenters. The monoisotopic (exact) mass is 294 g/mol. The van der Waals surface area contributed by atoms with Crippen LogP contribution in [0, 0.1) is 0 Å². The minimum absolute atomic E-state index is 0.503. The van der Waals surface area contributed by atoms with E-state index in [-0.39, 0.29) is 0 Å². The van der Waals surface area contributed by atoms with E-state index < -0.39 is 0 Å². The molecule has 0 heterocycles. The van der Waals surface area contributed by atoms with Gasteiger partial charge in [0.2, 0.25) is 0 Å². The lowest BCUT2D eigenvalue weighted by Crippen LogP contribution is -2.37. The van der Waals surface area contributed by atoms with Crippen LogP contribution in [0.25, 0.3) is 0 Å². The first kappa shape index (κ1) is 17.6.